The van der Waals surface area contributed by atoms with Gasteiger partial charge in [0.25, 0.3) is 5.56 Å². The summed E-state index contributed by atoms with van der Waals surface area (Å²) in [5.74, 6) is 0.372. The van der Waals surface area contributed by atoms with Crippen molar-refractivity contribution in [1.29, 1.82) is 5.26 Å². The van der Waals surface area contributed by atoms with Gasteiger partial charge >= 0.3 is 0 Å². The molecule has 0 bridgehead atoms. The third kappa shape index (κ3) is 3.15. The first-order chi connectivity index (χ1) is 10.8. The van der Waals surface area contributed by atoms with Gasteiger partial charge in [-0.25, -0.2) is 0 Å². The molecule has 0 amide bonds. The largest absolute Gasteiger partial charge is 0.477 e. The fourth-order valence-corrected chi connectivity index (χ4v) is 2.00. The molecule has 0 unspecified atom stereocenters. The Morgan fingerprint density at radius 2 is 2.09 bits per heavy atom. The molecule has 0 saturated carbocycles. The molecular formula is C14H19N7O2. The van der Waals surface area contributed by atoms with E-state index in [0.29, 0.717) is 17.9 Å². The smallest absolute Gasteiger partial charge is 0.298 e. The van der Waals surface area contributed by atoms with Gasteiger partial charge in [0.2, 0.25) is 17.4 Å². The summed E-state index contributed by atoms with van der Waals surface area (Å²) in [6.45, 7) is 8.04. The predicted molar refractivity (Wildman–Crippen MR) is 83.4 cm³/mol. The molecule has 2 rings (SSSR count). The molecule has 0 saturated heterocycles. The number of aromatic amines is 2. The number of hydrogen-bond donors (Lipinski definition) is 2. The van der Waals surface area contributed by atoms with Crippen LogP contribution in [0.2, 0.25) is 0 Å². The highest BCUT2D eigenvalue weighted by Gasteiger charge is 2.24. The highest BCUT2D eigenvalue weighted by Crippen LogP contribution is 2.30. The maximum Gasteiger partial charge on any atom is 0.298 e. The van der Waals surface area contributed by atoms with E-state index in [9.17, 15) is 10.1 Å². The quantitative estimate of drug-likeness (QED) is 0.840. The van der Waals surface area contributed by atoms with Gasteiger partial charge in [0.05, 0.1) is 12.3 Å². The highest BCUT2D eigenvalue weighted by atomic mass is 16.5. The molecule has 2 aromatic heterocycles. The predicted octanol–water partition coefficient (Wildman–Crippen LogP) is 2.42. The maximum atomic E-state index is 12.0. The first-order valence-electron chi connectivity index (χ1n) is 7.12. The van der Waals surface area contributed by atoms with Crippen molar-refractivity contribution in [1.82, 2.24) is 20.0 Å². The molecule has 0 fully saturated rings. The molecule has 0 atom stereocenters. The third-order valence-corrected chi connectivity index (χ3v) is 3.13. The molecule has 9 heteroatoms. The first-order valence-corrected chi connectivity index (χ1v) is 7.12. The highest BCUT2D eigenvalue weighted by molar-refractivity contribution is 5.53. The summed E-state index contributed by atoms with van der Waals surface area (Å²) >= 11 is 0. The van der Waals surface area contributed by atoms with Crippen LogP contribution in [0.5, 0.6) is 5.88 Å². The van der Waals surface area contributed by atoms with Crippen LogP contribution in [-0.2, 0) is 12.5 Å². The van der Waals surface area contributed by atoms with E-state index >= 15 is 0 Å². The number of nitriles is 1. The zero-order valence-corrected chi connectivity index (χ0v) is 13.8. The molecule has 0 aliphatic rings. The van der Waals surface area contributed by atoms with Crippen molar-refractivity contribution >= 4 is 11.5 Å². The van der Waals surface area contributed by atoms with Crippen molar-refractivity contribution in [2.75, 3.05) is 6.61 Å². The zero-order chi connectivity index (χ0) is 17.2. The van der Waals surface area contributed by atoms with Gasteiger partial charge in [-0.2, -0.15) is 10.4 Å². The minimum atomic E-state index is -0.373. The Bertz CT molecular complexity index is 827. The van der Waals surface area contributed by atoms with Crippen molar-refractivity contribution in [3.05, 3.63) is 21.6 Å². The summed E-state index contributed by atoms with van der Waals surface area (Å²) in [5.41, 5.74) is 0.361. The Hall–Kier alpha value is -2.89. The van der Waals surface area contributed by atoms with Crippen LogP contribution in [0, 0.1) is 11.3 Å². The van der Waals surface area contributed by atoms with Crippen molar-refractivity contribution in [3.8, 4) is 11.9 Å². The SMILES string of the molecule is CCOc1[nH]n(C)c(=O)c1/N=N/c1n[nH]c(C(C)(C)C)c1C#N. The Morgan fingerprint density at radius 3 is 2.65 bits per heavy atom. The van der Waals surface area contributed by atoms with E-state index in [1.807, 2.05) is 20.8 Å². The molecule has 2 N–H and O–H groups in total. The molecule has 0 radical (unpaired) electrons. The van der Waals surface area contributed by atoms with Crippen LogP contribution in [0.3, 0.4) is 0 Å². The van der Waals surface area contributed by atoms with Gasteiger partial charge in [-0.3, -0.25) is 19.7 Å². The van der Waals surface area contributed by atoms with Crippen LogP contribution >= 0.6 is 0 Å². The minimum absolute atomic E-state index is 0.0403. The van der Waals surface area contributed by atoms with Crippen LogP contribution in [0.25, 0.3) is 0 Å². The van der Waals surface area contributed by atoms with Gasteiger partial charge in [-0.1, -0.05) is 20.8 Å². The van der Waals surface area contributed by atoms with Gasteiger partial charge in [-0.15, -0.1) is 10.2 Å². The lowest BCUT2D eigenvalue weighted by Crippen LogP contribution is -2.13. The molecule has 122 valence electrons. The Morgan fingerprint density at radius 1 is 1.39 bits per heavy atom. The second-order valence-electron chi connectivity index (χ2n) is 5.95. The summed E-state index contributed by atoms with van der Waals surface area (Å²) in [5, 5.41) is 26.8. The van der Waals surface area contributed by atoms with E-state index in [1.54, 1.807) is 14.0 Å². The number of aryl methyl sites for hydroxylation is 1. The summed E-state index contributed by atoms with van der Waals surface area (Å²) in [6.07, 6.45) is 0. The second-order valence-corrected chi connectivity index (χ2v) is 5.95. The number of nitrogens with zero attached hydrogens (tertiary/aromatic N) is 5. The van der Waals surface area contributed by atoms with Gasteiger partial charge in [0.1, 0.15) is 11.6 Å². The Kier molecular flexibility index (Phi) is 4.36. The molecule has 0 aliphatic carbocycles. The van der Waals surface area contributed by atoms with Gasteiger partial charge in [-0.05, 0) is 6.92 Å². The molecule has 0 aliphatic heterocycles. The second kappa shape index (κ2) is 6.08. The lowest BCUT2D eigenvalue weighted by Gasteiger charge is -2.15. The van der Waals surface area contributed by atoms with Gasteiger partial charge in [0.15, 0.2) is 0 Å². The van der Waals surface area contributed by atoms with Crippen molar-refractivity contribution in [2.45, 2.75) is 33.1 Å². The third-order valence-electron chi connectivity index (χ3n) is 3.13. The zero-order valence-electron chi connectivity index (χ0n) is 13.8. The average molecular weight is 317 g/mol. The van der Waals surface area contributed by atoms with Crippen molar-refractivity contribution in [3.63, 3.8) is 0 Å². The lowest BCUT2D eigenvalue weighted by molar-refractivity contribution is 0.324. The normalized spacial score (nSPS) is 11.8. The number of aromatic nitrogens is 4. The van der Waals surface area contributed by atoms with Crippen LogP contribution < -0.4 is 10.3 Å². The van der Waals surface area contributed by atoms with Crippen LogP contribution in [0.4, 0.5) is 11.5 Å². The minimum Gasteiger partial charge on any atom is -0.477 e. The molecule has 2 heterocycles. The van der Waals surface area contributed by atoms with E-state index in [0.717, 1.165) is 0 Å². The Labute approximate surface area is 133 Å². The number of H-pyrrole nitrogens is 2. The number of nitrogens with one attached hydrogen (secondary N) is 2. The molecule has 9 nitrogen and oxygen atoms in total. The summed E-state index contributed by atoms with van der Waals surface area (Å²) in [7, 11) is 1.55. The molecule has 23 heavy (non-hydrogen) atoms. The summed E-state index contributed by atoms with van der Waals surface area (Å²) < 4.78 is 6.57. The number of ether oxygens (including phenoxy) is 1. The summed E-state index contributed by atoms with van der Waals surface area (Å²) in [6, 6.07) is 2.08. The Balaban J connectivity index is 2.45. The lowest BCUT2D eigenvalue weighted by atomic mass is 9.90. The number of rotatable bonds is 4. The maximum absolute atomic E-state index is 12.0. The first kappa shape index (κ1) is 16.5. The van der Waals surface area contributed by atoms with Gasteiger partial charge < -0.3 is 4.74 Å². The fraction of sp³-hybridized carbons (Fsp3) is 0.500. The molecular weight excluding hydrogens is 298 g/mol. The van der Waals surface area contributed by atoms with E-state index < -0.39 is 0 Å². The summed E-state index contributed by atoms with van der Waals surface area (Å²) in [4.78, 5) is 12.0. The molecule has 0 aromatic carbocycles. The topological polar surface area (TPSA) is 124 Å². The van der Waals surface area contributed by atoms with E-state index in [1.165, 1.54) is 4.68 Å². The van der Waals surface area contributed by atoms with Crippen molar-refractivity contribution < 1.29 is 4.74 Å². The van der Waals surface area contributed by atoms with Crippen LogP contribution in [0.15, 0.2) is 15.0 Å². The molecule has 2 aromatic rings. The standard InChI is InChI=1S/C14H19N7O2/c1-6-23-12-9(13(22)21(5)20-12)16-18-11-8(7-15)10(17-19-11)14(2,3)4/h20H,6H2,1-5H3,(H,17,19)/b18-16+. The van der Waals surface area contributed by atoms with E-state index in [4.69, 9.17) is 4.74 Å². The average Bonchev–Trinajstić information content (AvgIpc) is 3.00. The number of azo groups is 1. The number of hydrogen-bond acceptors (Lipinski definition) is 6. The van der Waals surface area contributed by atoms with E-state index in [2.05, 4.69) is 31.6 Å². The van der Waals surface area contributed by atoms with Crippen LogP contribution in [0.1, 0.15) is 39.0 Å². The van der Waals surface area contributed by atoms with Crippen molar-refractivity contribution in [2.24, 2.45) is 17.3 Å². The fourth-order valence-electron chi connectivity index (χ4n) is 2.00. The monoisotopic (exact) mass is 317 g/mol. The molecule has 0 spiro atoms. The van der Waals surface area contributed by atoms with Crippen LogP contribution in [-0.4, -0.2) is 26.6 Å². The van der Waals surface area contributed by atoms with Gasteiger partial charge in [0, 0.05) is 12.5 Å². The van der Waals surface area contributed by atoms with E-state index in [-0.39, 0.29) is 28.4 Å².